The van der Waals surface area contributed by atoms with Gasteiger partial charge >= 0.3 is 12.4 Å². The predicted molar refractivity (Wildman–Crippen MR) is 333 cm³/mol. The van der Waals surface area contributed by atoms with Gasteiger partial charge in [-0.2, -0.15) is 36.3 Å². The summed E-state index contributed by atoms with van der Waals surface area (Å²) in [6, 6.07) is 32.9. The van der Waals surface area contributed by atoms with Crippen LogP contribution in [0.3, 0.4) is 0 Å². The SMILES string of the molecule is O=C(Nc1ccc(N2CCN(C(=O)Cc3c(F)ccc(-c4ccc(C5CCN(c6nc(C(F)(F)F)c(C(=O)Nc7ccc(N8CCN(C(=O)C9Cc%10ccccc%10C9)CC8)nc7)o6)CC5)cc4)c3F)CC2)nc1)c1oc(N2CCC(c3ccccc3)CC2)nc1C(F)(F)F. The fourth-order valence-electron chi connectivity index (χ4n) is 13.3. The summed E-state index contributed by atoms with van der Waals surface area (Å²) in [5.74, 6) is -5.30. The van der Waals surface area contributed by atoms with Gasteiger partial charge in [-0.05, 0) is 115 Å². The number of alkyl halides is 6. The van der Waals surface area contributed by atoms with Crippen molar-refractivity contribution >= 4 is 58.7 Å². The largest absolute Gasteiger partial charge is 0.437 e. The van der Waals surface area contributed by atoms with Gasteiger partial charge in [0.2, 0.25) is 23.3 Å². The number of rotatable bonds is 14. The molecule has 4 fully saturated rings. The monoisotopic (exact) mass is 1300 g/mol. The molecule has 13 rings (SSSR count). The van der Waals surface area contributed by atoms with E-state index in [0.717, 1.165) is 30.0 Å². The fourth-order valence-corrected chi connectivity index (χ4v) is 13.3. The van der Waals surface area contributed by atoms with Gasteiger partial charge < -0.3 is 48.9 Å². The van der Waals surface area contributed by atoms with Crippen LogP contribution in [0.25, 0.3) is 11.1 Å². The van der Waals surface area contributed by atoms with Crippen LogP contribution in [0.15, 0.2) is 136 Å². The van der Waals surface area contributed by atoms with Crippen LogP contribution in [0.2, 0.25) is 0 Å². The quantitative estimate of drug-likeness (QED) is 0.0978. The van der Waals surface area contributed by atoms with Gasteiger partial charge in [-0.1, -0.05) is 78.9 Å². The lowest BCUT2D eigenvalue weighted by Gasteiger charge is -2.36. The van der Waals surface area contributed by atoms with Gasteiger partial charge in [-0.3, -0.25) is 19.2 Å². The number of halogens is 8. The van der Waals surface area contributed by atoms with Gasteiger partial charge in [0.1, 0.15) is 23.3 Å². The Bertz CT molecular complexity index is 4040. The number of oxazole rings is 2. The van der Waals surface area contributed by atoms with Gasteiger partial charge in [0.25, 0.3) is 23.8 Å². The molecule has 8 heterocycles. The third-order valence-corrected chi connectivity index (χ3v) is 18.5. The number of benzene rings is 4. The van der Waals surface area contributed by atoms with Crippen molar-refractivity contribution in [3.8, 4) is 11.1 Å². The molecular weight excluding hydrogens is 1230 g/mol. The van der Waals surface area contributed by atoms with E-state index in [4.69, 9.17) is 8.83 Å². The topological polar surface area (TPSA) is 190 Å². The lowest BCUT2D eigenvalue weighted by Crippen LogP contribution is -2.50. The summed E-state index contributed by atoms with van der Waals surface area (Å²) in [6.45, 7) is 4.29. The van der Waals surface area contributed by atoms with Gasteiger partial charge in [-0.25, -0.2) is 18.7 Å². The van der Waals surface area contributed by atoms with Crippen LogP contribution in [0.1, 0.15) is 97.8 Å². The molecule has 0 bridgehead atoms. The first kappa shape index (κ1) is 62.9. The molecule has 4 aliphatic heterocycles. The molecule has 94 heavy (non-hydrogen) atoms. The molecule has 8 aromatic rings. The first-order chi connectivity index (χ1) is 45.3. The van der Waals surface area contributed by atoms with Crippen molar-refractivity contribution in [2.75, 3.05) is 109 Å². The van der Waals surface area contributed by atoms with Crippen molar-refractivity contribution < 1.29 is 63.1 Å². The number of anilines is 6. The Morgan fingerprint density at radius 1 is 0.500 bits per heavy atom. The number of fused-ring (bicyclic) bond motifs is 1. The van der Waals surface area contributed by atoms with E-state index in [0.29, 0.717) is 82.2 Å². The van der Waals surface area contributed by atoms with E-state index >= 15 is 8.78 Å². The molecule has 4 aromatic heterocycles. The number of pyridine rings is 2. The summed E-state index contributed by atoms with van der Waals surface area (Å²) in [5, 5.41) is 4.89. The molecule has 0 atom stereocenters. The Labute approximate surface area is 534 Å². The zero-order valence-electron chi connectivity index (χ0n) is 50.7. The highest BCUT2D eigenvalue weighted by Crippen LogP contribution is 2.40. The highest BCUT2D eigenvalue weighted by Gasteiger charge is 2.44. The first-order valence-electron chi connectivity index (χ1n) is 31.2. The van der Waals surface area contributed by atoms with E-state index in [1.165, 1.54) is 46.6 Å². The van der Waals surface area contributed by atoms with E-state index < -0.39 is 76.6 Å². The van der Waals surface area contributed by atoms with Gasteiger partial charge in [0.05, 0.1) is 30.2 Å². The van der Waals surface area contributed by atoms with Crippen molar-refractivity contribution in [3.63, 3.8) is 0 Å². The maximum atomic E-state index is 16.3. The Hall–Kier alpha value is -9.88. The smallest absolute Gasteiger partial charge is 0.417 e. The molecule has 4 aromatic carbocycles. The molecule has 488 valence electrons. The second-order valence-corrected chi connectivity index (χ2v) is 24.2. The average Bonchev–Trinajstić information content (AvgIpc) is 1.53. The molecule has 0 spiro atoms. The Morgan fingerprint density at radius 3 is 1.41 bits per heavy atom. The summed E-state index contributed by atoms with van der Waals surface area (Å²) in [5.41, 5.74) is 1.86. The van der Waals surface area contributed by atoms with Crippen molar-refractivity contribution in [2.24, 2.45) is 5.92 Å². The molecule has 18 nitrogen and oxygen atoms in total. The number of piperidine rings is 2. The fraction of sp³-hybridized carbons (Fsp3) is 0.353. The molecule has 0 saturated carbocycles. The van der Waals surface area contributed by atoms with Crippen molar-refractivity contribution in [1.82, 2.24) is 29.7 Å². The Morgan fingerprint density at radius 2 is 0.957 bits per heavy atom. The molecule has 4 saturated heterocycles. The molecular formula is C68H64F8N12O6. The molecule has 0 unspecified atom stereocenters. The van der Waals surface area contributed by atoms with E-state index in [1.807, 2.05) is 57.2 Å². The number of hydrogen-bond acceptors (Lipinski definition) is 14. The summed E-state index contributed by atoms with van der Waals surface area (Å²) in [6.07, 6.45) is -4.18. The van der Waals surface area contributed by atoms with Crippen LogP contribution >= 0.6 is 0 Å². The van der Waals surface area contributed by atoms with Crippen LogP contribution in [-0.4, -0.2) is 132 Å². The maximum Gasteiger partial charge on any atom is 0.437 e. The number of piperazine rings is 2. The maximum absolute atomic E-state index is 16.3. The second kappa shape index (κ2) is 26.3. The third-order valence-electron chi connectivity index (χ3n) is 18.5. The number of amides is 4. The molecule has 5 aliphatic rings. The van der Waals surface area contributed by atoms with Gasteiger partial charge in [0, 0.05) is 95.6 Å². The van der Waals surface area contributed by atoms with Gasteiger partial charge in [0.15, 0.2) is 11.4 Å². The number of hydrogen-bond donors (Lipinski definition) is 2. The van der Waals surface area contributed by atoms with E-state index in [-0.39, 0.29) is 91.9 Å². The van der Waals surface area contributed by atoms with E-state index in [9.17, 15) is 45.5 Å². The normalized spacial score (nSPS) is 17.0. The lowest BCUT2D eigenvalue weighted by molar-refractivity contribution is -0.142. The summed E-state index contributed by atoms with van der Waals surface area (Å²) < 4.78 is 129. The average molecular weight is 1300 g/mol. The zero-order chi connectivity index (χ0) is 65.4. The zero-order valence-corrected chi connectivity index (χ0v) is 50.7. The van der Waals surface area contributed by atoms with Crippen molar-refractivity contribution in [3.05, 3.63) is 190 Å². The summed E-state index contributed by atoms with van der Waals surface area (Å²) in [7, 11) is 0. The first-order valence-corrected chi connectivity index (χ1v) is 31.2. The summed E-state index contributed by atoms with van der Waals surface area (Å²) >= 11 is 0. The van der Waals surface area contributed by atoms with Gasteiger partial charge in [-0.15, -0.1) is 0 Å². The molecule has 0 radical (unpaired) electrons. The summed E-state index contributed by atoms with van der Waals surface area (Å²) in [4.78, 5) is 80.4. The highest BCUT2D eigenvalue weighted by molar-refractivity contribution is 6.04. The Kier molecular flexibility index (Phi) is 17.6. The van der Waals surface area contributed by atoms with Crippen molar-refractivity contribution in [2.45, 2.75) is 69.1 Å². The van der Waals surface area contributed by atoms with Crippen molar-refractivity contribution in [1.29, 1.82) is 0 Å². The van der Waals surface area contributed by atoms with Crippen LogP contribution in [-0.2, 0) is 41.2 Å². The third kappa shape index (κ3) is 13.5. The molecule has 4 amide bonds. The minimum atomic E-state index is -5.01. The standard InChI is InChI=1S/C68H64F8N12O6/c69-53-17-16-51(57(70)52(53)38-56(89)85-32-28-83(29-33-85)54-18-14-49(39-77-54)79-62(90)58-60(67(71,72)73)81-65(93-58)87-24-20-43(21-25-87)41-6-2-1-3-7-41)45-12-10-42(11-13-45)44-22-26-88(27-23-44)66-82-61(68(74,75)76)59(94-66)63(91)80-50-15-19-55(78-40-50)84-30-34-86(35-31-84)64(92)48-36-46-8-4-5-9-47(46)37-48/h1-19,39-40,43-44,48H,20-38H2,(H,79,90)(H,80,91). The van der Waals surface area contributed by atoms with E-state index in [1.54, 1.807) is 46.2 Å². The highest BCUT2D eigenvalue weighted by atomic mass is 19.4. The Balaban J connectivity index is 0.569. The molecule has 2 N–H and O–H groups in total. The number of carbonyl (C=O) groups excluding carboxylic acids is 4. The minimum Gasteiger partial charge on any atom is -0.417 e. The van der Waals surface area contributed by atoms with E-state index in [2.05, 4.69) is 42.7 Å². The van der Waals surface area contributed by atoms with Crippen LogP contribution in [0, 0.1) is 17.6 Å². The van der Waals surface area contributed by atoms with Crippen LogP contribution in [0.5, 0.6) is 0 Å². The number of nitrogens with zero attached hydrogens (tertiary/aromatic N) is 10. The van der Waals surface area contributed by atoms with Crippen LogP contribution < -0.4 is 30.2 Å². The van der Waals surface area contributed by atoms with Crippen LogP contribution in [0.4, 0.5) is 70.2 Å². The second-order valence-electron chi connectivity index (χ2n) is 24.2. The molecule has 26 heteroatoms. The molecule has 1 aliphatic carbocycles. The number of aromatic nitrogens is 4. The lowest BCUT2D eigenvalue weighted by atomic mass is 9.88. The number of carbonyl (C=O) groups is 4. The predicted octanol–water partition coefficient (Wildman–Crippen LogP) is 11.7. The minimum absolute atomic E-state index is 0.0603. The number of nitrogens with one attached hydrogen (secondary N) is 2.